The zero-order valence-electron chi connectivity index (χ0n) is 40.6. The number of aryl methyl sites for hydroxylation is 1. The maximum absolute atomic E-state index is 14.8. The van der Waals surface area contributed by atoms with E-state index in [2.05, 4.69) is 36.1 Å². The molecule has 0 saturated carbocycles. The molecule has 2 amide bonds. The third-order valence-corrected chi connectivity index (χ3v) is 12.0. The summed E-state index contributed by atoms with van der Waals surface area (Å²) in [6, 6.07) is 11.7. The van der Waals surface area contributed by atoms with Crippen LogP contribution >= 0.6 is 0 Å². The van der Waals surface area contributed by atoms with Gasteiger partial charge in [-0.2, -0.15) is 0 Å². The summed E-state index contributed by atoms with van der Waals surface area (Å²) >= 11 is 0. The number of aliphatic hydroxyl groups excluding tert-OH is 2. The summed E-state index contributed by atoms with van der Waals surface area (Å²) in [5.74, 6) is -5.54. The summed E-state index contributed by atoms with van der Waals surface area (Å²) in [5.41, 5.74) is 19.4. The van der Waals surface area contributed by atoms with Crippen LogP contribution in [0.25, 0.3) is 22.5 Å². The first kappa shape index (κ1) is 54.4. The van der Waals surface area contributed by atoms with Gasteiger partial charge in [-0.15, -0.1) is 0 Å². The Morgan fingerprint density at radius 2 is 1.56 bits per heavy atom. The third kappa shape index (κ3) is 14.3. The van der Waals surface area contributed by atoms with Gasteiger partial charge in [-0.3, -0.25) is 19.2 Å². The van der Waals surface area contributed by atoms with E-state index < -0.39 is 84.3 Å². The number of carbonyl (C=O) groups is 5. The van der Waals surface area contributed by atoms with Crippen molar-refractivity contribution in [2.75, 3.05) is 46.5 Å². The second-order valence-electron chi connectivity index (χ2n) is 19.0. The number of benzene rings is 3. The van der Waals surface area contributed by atoms with Crippen molar-refractivity contribution in [2.24, 2.45) is 34.5 Å². The number of phenolic OH excluding ortho intramolecular Hbond substituents is 1. The van der Waals surface area contributed by atoms with Crippen LogP contribution in [-0.2, 0) is 25.6 Å². The number of amides is 2. The Balaban J connectivity index is 1.55. The number of nitrogens with one attached hydrogen (secondary N) is 1. The molecule has 11 N–H and O–H groups in total. The Kier molecular flexibility index (Phi) is 18.9. The summed E-state index contributed by atoms with van der Waals surface area (Å²) in [7, 11) is 1.37. The first-order valence-electron chi connectivity index (χ1n) is 23.3. The molecule has 6 atom stereocenters. The normalized spacial score (nSPS) is 17.6. The fraction of sp³-hybridized carbons (Fsp3) is 0.471. The van der Waals surface area contributed by atoms with E-state index in [4.69, 9.17) is 31.4 Å². The van der Waals surface area contributed by atoms with Crippen LogP contribution in [-0.4, -0.2) is 129 Å². The number of fused-ring (bicyclic) bond motifs is 5. The Morgan fingerprint density at radius 3 is 2.16 bits per heavy atom. The number of nitrogens with zero attached hydrogens (tertiary/aromatic N) is 3. The number of carboxylic acid groups (broad SMARTS) is 1. The predicted octanol–water partition coefficient (Wildman–Crippen LogP) is 3.49. The molecule has 1 aromatic heterocycles. The molecule has 0 radical (unpaired) electrons. The minimum absolute atomic E-state index is 0.00137. The number of ketones is 2. The zero-order chi connectivity index (χ0) is 51.4. The number of aromatic hydroxyl groups is 1. The van der Waals surface area contributed by atoms with Gasteiger partial charge in [0.25, 0.3) is 0 Å². The van der Waals surface area contributed by atoms with E-state index in [9.17, 15) is 44.4 Å². The highest BCUT2D eigenvalue weighted by molar-refractivity contribution is 6.00. The molecule has 0 aliphatic carbocycles. The van der Waals surface area contributed by atoms with Crippen molar-refractivity contribution >= 4 is 29.4 Å². The number of aromatic nitrogens is 2. The van der Waals surface area contributed by atoms with Crippen molar-refractivity contribution in [3.8, 4) is 45.5 Å². The lowest BCUT2D eigenvalue weighted by Gasteiger charge is -2.32. The second kappa shape index (κ2) is 24.4. The molecule has 378 valence electrons. The number of carboxylic acids is 1. The van der Waals surface area contributed by atoms with Crippen molar-refractivity contribution in [1.82, 2.24) is 20.2 Å². The predicted molar refractivity (Wildman–Crippen MR) is 260 cm³/mol. The number of phenols is 1. The van der Waals surface area contributed by atoms with Gasteiger partial charge in [-0.1, -0.05) is 33.8 Å². The average Bonchev–Trinajstić information content (AvgIpc) is 3.31. The number of ether oxygens (including phenoxy) is 3. The first-order chi connectivity index (χ1) is 33.1. The molecule has 19 nitrogen and oxygen atoms in total. The summed E-state index contributed by atoms with van der Waals surface area (Å²) in [6.07, 6.45) is -0.977. The average molecular weight is 970 g/mol. The fourth-order valence-electron chi connectivity index (χ4n) is 7.85. The zero-order valence-corrected chi connectivity index (χ0v) is 40.6. The first-order valence-corrected chi connectivity index (χ1v) is 23.3. The van der Waals surface area contributed by atoms with Gasteiger partial charge in [0.15, 0.2) is 28.9 Å². The molecule has 0 unspecified atom stereocenters. The van der Waals surface area contributed by atoms with Crippen LogP contribution < -0.4 is 36.7 Å². The van der Waals surface area contributed by atoms with Gasteiger partial charge < -0.3 is 62.1 Å². The molecule has 1 aliphatic rings. The van der Waals surface area contributed by atoms with Crippen molar-refractivity contribution in [3.05, 3.63) is 83.2 Å². The molecule has 0 spiro atoms. The van der Waals surface area contributed by atoms with E-state index >= 15 is 0 Å². The highest BCUT2D eigenvalue weighted by Gasteiger charge is 2.37. The standard InChI is InChI=1S/C51H67N7O12/c1-28-17-42(62)45(58(6)49(65)32(13-15-52)21-41(61)39-25-55-47(56-29(39)2)31-8-10-36(11-9-31)68-16-14-51(3,4)5)33-20-38(46(63)44(22-33)70-27-35(60)24-54)37-18-30(19-40(50(66)67)57-48(28)64)7-12-43(37)69-26-34(59)23-53/h7-12,18,20,22,25,28,32,34-35,40,45,59-60,63H,13-17,19,21,23-24,26-27,52-54H2,1-6H3,(H,57,64)(H,66,67)/t28-,32-,34-,35-,40+,45+/m1/s1. The minimum atomic E-state index is -1.51. The number of Topliss-reactive ketones (excluding diaryl/α,β-unsaturated/α-hetero) is 2. The Labute approximate surface area is 407 Å². The molecule has 4 aromatic rings. The summed E-state index contributed by atoms with van der Waals surface area (Å²) in [5, 5.41) is 45.3. The van der Waals surface area contributed by atoms with Crippen LogP contribution in [0.5, 0.6) is 23.0 Å². The van der Waals surface area contributed by atoms with Gasteiger partial charge in [-0.05, 0) is 91.4 Å². The van der Waals surface area contributed by atoms with Crippen molar-refractivity contribution in [2.45, 2.75) is 91.0 Å². The van der Waals surface area contributed by atoms with Crippen LogP contribution in [0.15, 0.2) is 60.8 Å². The van der Waals surface area contributed by atoms with Crippen LogP contribution in [0.3, 0.4) is 0 Å². The maximum atomic E-state index is 14.8. The number of likely N-dealkylation sites (N-methyl/N-ethyl adjacent to an activating group) is 1. The maximum Gasteiger partial charge on any atom is 0.326 e. The third-order valence-electron chi connectivity index (χ3n) is 12.0. The van der Waals surface area contributed by atoms with Gasteiger partial charge in [0.1, 0.15) is 49.0 Å². The van der Waals surface area contributed by atoms with Crippen LogP contribution in [0.2, 0.25) is 0 Å². The van der Waals surface area contributed by atoms with Crippen LogP contribution in [0.1, 0.15) is 86.6 Å². The lowest BCUT2D eigenvalue weighted by molar-refractivity contribution is -0.144. The van der Waals surface area contributed by atoms with Crippen molar-refractivity contribution in [1.29, 1.82) is 0 Å². The summed E-state index contributed by atoms with van der Waals surface area (Å²) in [4.78, 5) is 80.0. The number of aliphatic carboxylic acids is 1. The van der Waals surface area contributed by atoms with Gasteiger partial charge >= 0.3 is 5.97 Å². The smallest absolute Gasteiger partial charge is 0.326 e. The number of aliphatic hydroxyl groups is 2. The summed E-state index contributed by atoms with van der Waals surface area (Å²) in [6.45, 7) is 9.09. The number of rotatable bonds is 20. The Bertz CT molecular complexity index is 2500. The minimum Gasteiger partial charge on any atom is -0.504 e. The van der Waals surface area contributed by atoms with E-state index in [1.807, 2.05) is 24.3 Å². The molecular weight excluding hydrogens is 903 g/mol. The van der Waals surface area contributed by atoms with Gasteiger partial charge in [0.05, 0.1) is 17.9 Å². The SMILES string of the molecule is Cc1nc(-c2ccc(OCCC(C)(C)C)cc2)ncc1C(=O)C[C@@H](CCN)C(=O)N(C)[C@@H]1C(=O)C[C@@H](C)C(=O)N[C@H](C(=O)O)Cc2ccc(OC[C@H](O)CN)c(c2)-c2cc1cc(OC[C@H](O)CN)c2O. The second-order valence-corrected chi connectivity index (χ2v) is 19.0. The van der Waals surface area contributed by atoms with E-state index in [1.54, 1.807) is 13.0 Å². The molecule has 70 heavy (non-hydrogen) atoms. The van der Waals surface area contributed by atoms with E-state index in [0.717, 1.165) is 11.3 Å². The van der Waals surface area contributed by atoms with Gasteiger partial charge in [-0.25, -0.2) is 14.8 Å². The fourth-order valence-corrected chi connectivity index (χ4v) is 7.85. The van der Waals surface area contributed by atoms with Crippen molar-refractivity contribution in [3.63, 3.8) is 0 Å². The summed E-state index contributed by atoms with van der Waals surface area (Å²) < 4.78 is 17.8. The molecular formula is C51H67N7O12. The monoisotopic (exact) mass is 969 g/mol. The van der Waals surface area contributed by atoms with E-state index in [0.29, 0.717) is 35.0 Å². The number of hydrogen-bond donors (Lipinski definition) is 8. The number of carbonyl (C=O) groups excluding carboxylic acids is 4. The highest BCUT2D eigenvalue weighted by atomic mass is 16.5. The molecule has 2 heterocycles. The van der Waals surface area contributed by atoms with E-state index in [-0.39, 0.29) is 84.7 Å². The molecule has 0 saturated heterocycles. The quantitative estimate of drug-likeness (QED) is 0.0588. The highest BCUT2D eigenvalue weighted by Crippen LogP contribution is 2.45. The number of hydrogen-bond acceptors (Lipinski definition) is 16. The molecule has 3 aromatic carbocycles. The topological polar surface area (TPSA) is 313 Å². The van der Waals surface area contributed by atoms with Crippen molar-refractivity contribution < 1.29 is 58.6 Å². The molecule has 19 heteroatoms. The number of nitrogens with two attached hydrogens (primary N) is 3. The Morgan fingerprint density at radius 1 is 0.900 bits per heavy atom. The van der Waals surface area contributed by atoms with Crippen LogP contribution in [0.4, 0.5) is 0 Å². The van der Waals surface area contributed by atoms with E-state index in [1.165, 1.54) is 44.4 Å². The lowest BCUT2D eigenvalue weighted by atomic mass is 9.88. The largest absolute Gasteiger partial charge is 0.504 e. The molecule has 4 bridgehead atoms. The van der Waals surface area contributed by atoms with Gasteiger partial charge in [0.2, 0.25) is 11.8 Å². The lowest BCUT2D eigenvalue weighted by Crippen LogP contribution is -2.45. The molecule has 5 rings (SSSR count). The molecule has 1 aliphatic heterocycles. The van der Waals surface area contributed by atoms with Crippen LogP contribution in [0, 0.1) is 24.2 Å². The molecule has 0 fully saturated rings. The van der Waals surface area contributed by atoms with Gasteiger partial charge in [0, 0.05) is 74.1 Å². The Hall–Kier alpha value is -6.51.